The molecule has 0 unspecified atom stereocenters. The number of carbonyl (C=O) groups excluding carboxylic acids is 3. The highest BCUT2D eigenvalue weighted by Crippen LogP contribution is 2.14. The van der Waals surface area contributed by atoms with Crippen LogP contribution in [0.25, 0.3) is 0 Å². The molecule has 0 rings (SSSR count). The summed E-state index contributed by atoms with van der Waals surface area (Å²) in [5.74, 6) is -0.861. The van der Waals surface area contributed by atoms with E-state index in [0.29, 0.717) is 24.8 Å². The molecule has 0 aromatic carbocycles. The molecule has 0 N–H and O–H groups in total. The molecule has 0 saturated heterocycles. The lowest BCUT2D eigenvalue weighted by Gasteiger charge is -2.03. The average Bonchev–Trinajstić information content (AvgIpc) is 2.63. The van der Waals surface area contributed by atoms with Crippen molar-refractivity contribution in [3.63, 3.8) is 0 Å². The zero-order valence-electron chi connectivity index (χ0n) is 18.3. The van der Waals surface area contributed by atoms with Crippen molar-refractivity contribution in [2.45, 2.75) is 73.1 Å². The lowest BCUT2D eigenvalue weighted by Crippen LogP contribution is -1.94. The fourth-order valence-electron chi connectivity index (χ4n) is 2.37. The highest BCUT2D eigenvalue weighted by Gasteiger charge is 1.99. The number of allylic oxidation sites excluding steroid dienone is 8. The summed E-state index contributed by atoms with van der Waals surface area (Å²) in [6, 6.07) is 0. The van der Waals surface area contributed by atoms with Gasteiger partial charge in [-0.3, -0.25) is 14.4 Å². The third-order valence-corrected chi connectivity index (χ3v) is 3.90. The van der Waals surface area contributed by atoms with Crippen molar-refractivity contribution in [1.82, 2.24) is 0 Å². The SMILES string of the molecule is CC(=O)OC=CC(=COC(C)=O)CCC=C(C=O)CCC=C(C)CCC=C(C)C. The van der Waals surface area contributed by atoms with Crippen molar-refractivity contribution in [2.24, 2.45) is 0 Å². The molecule has 0 saturated carbocycles. The number of carbonyl (C=O) groups is 3. The van der Waals surface area contributed by atoms with Crippen LogP contribution in [0, 0.1) is 0 Å². The number of hydrogen-bond donors (Lipinski definition) is 0. The standard InChI is InChI=1S/C24H34O5/c1-19(2)9-6-10-20(3)11-7-12-23(17-25)13-8-14-24(18-29-22(5)27)15-16-28-21(4)26/h9,11,13,15-18H,6-8,10,12,14H2,1-5H3. The molecular formula is C24H34O5. The van der Waals surface area contributed by atoms with E-state index in [-0.39, 0.29) is 0 Å². The molecule has 29 heavy (non-hydrogen) atoms. The van der Waals surface area contributed by atoms with Crippen LogP contribution in [0.4, 0.5) is 0 Å². The molecule has 0 aromatic rings. The van der Waals surface area contributed by atoms with Crippen LogP contribution in [0.2, 0.25) is 0 Å². The number of ether oxygens (including phenoxy) is 2. The first-order valence-electron chi connectivity index (χ1n) is 9.87. The maximum absolute atomic E-state index is 11.3. The molecule has 0 spiro atoms. The fourth-order valence-corrected chi connectivity index (χ4v) is 2.37. The van der Waals surface area contributed by atoms with Crippen LogP contribution in [0.1, 0.15) is 73.1 Å². The largest absolute Gasteiger partial charge is 0.435 e. The Kier molecular flexibility index (Phi) is 14.8. The van der Waals surface area contributed by atoms with Crippen molar-refractivity contribution >= 4 is 18.2 Å². The van der Waals surface area contributed by atoms with E-state index >= 15 is 0 Å². The van der Waals surface area contributed by atoms with Gasteiger partial charge in [0.15, 0.2) is 0 Å². The van der Waals surface area contributed by atoms with Crippen molar-refractivity contribution in [3.8, 4) is 0 Å². The normalized spacial score (nSPS) is 12.7. The minimum absolute atomic E-state index is 0.430. The van der Waals surface area contributed by atoms with E-state index in [1.54, 1.807) is 6.08 Å². The van der Waals surface area contributed by atoms with Gasteiger partial charge in [-0.25, -0.2) is 0 Å². The van der Waals surface area contributed by atoms with Crippen LogP contribution in [0.15, 0.2) is 59.1 Å². The Balaban J connectivity index is 4.66. The van der Waals surface area contributed by atoms with Crippen LogP contribution in [0.3, 0.4) is 0 Å². The summed E-state index contributed by atoms with van der Waals surface area (Å²) in [4.78, 5) is 33.1. The summed E-state index contributed by atoms with van der Waals surface area (Å²) in [6.07, 6.45) is 16.1. The predicted octanol–water partition coefficient (Wildman–Crippen LogP) is 5.89. The van der Waals surface area contributed by atoms with Crippen molar-refractivity contribution in [2.75, 3.05) is 0 Å². The number of esters is 2. The van der Waals surface area contributed by atoms with E-state index < -0.39 is 11.9 Å². The van der Waals surface area contributed by atoms with Gasteiger partial charge in [0.1, 0.15) is 6.29 Å². The van der Waals surface area contributed by atoms with Gasteiger partial charge in [0.2, 0.25) is 0 Å². The summed E-state index contributed by atoms with van der Waals surface area (Å²) < 4.78 is 9.65. The third-order valence-electron chi connectivity index (χ3n) is 3.90. The maximum Gasteiger partial charge on any atom is 0.307 e. The second-order valence-corrected chi connectivity index (χ2v) is 7.06. The van der Waals surface area contributed by atoms with E-state index in [4.69, 9.17) is 9.47 Å². The third kappa shape index (κ3) is 17.2. The summed E-state index contributed by atoms with van der Waals surface area (Å²) >= 11 is 0. The first kappa shape index (κ1) is 26.3. The number of hydrogen-bond acceptors (Lipinski definition) is 5. The molecular weight excluding hydrogens is 368 g/mol. The molecule has 5 nitrogen and oxygen atoms in total. The maximum atomic E-state index is 11.3. The van der Waals surface area contributed by atoms with E-state index in [2.05, 4.69) is 32.9 Å². The first-order valence-corrected chi connectivity index (χ1v) is 9.87. The zero-order chi connectivity index (χ0) is 22.1. The Morgan fingerprint density at radius 1 is 0.724 bits per heavy atom. The van der Waals surface area contributed by atoms with E-state index in [9.17, 15) is 14.4 Å². The Labute approximate surface area is 174 Å². The van der Waals surface area contributed by atoms with E-state index in [1.807, 2.05) is 6.08 Å². The minimum atomic E-state index is -0.431. The summed E-state index contributed by atoms with van der Waals surface area (Å²) in [5.41, 5.74) is 4.08. The monoisotopic (exact) mass is 402 g/mol. The molecule has 0 amide bonds. The van der Waals surface area contributed by atoms with Crippen LogP contribution in [-0.2, 0) is 23.9 Å². The van der Waals surface area contributed by atoms with Crippen molar-refractivity contribution < 1.29 is 23.9 Å². The Morgan fingerprint density at radius 3 is 1.90 bits per heavy atom. The van der Waals surface area contributed by atoms with Crippen LogP contribution in [-0.4, -0.2) is 18.2 Å². The average molecular weight is 403 g/mol. The molecule has 5 heteroatoms. The second kappa shape index (κ2) is 16.3. The minimum Gasteiger partial charge on any atom is -0.435 e. The lowest BCUT2D eigenvalue weighted by molar-refractivity contribution is -0.136. The quantitative estimate of drug-likeness (QED) is 0.0959. The Bertz CT molecular complexity index is 686. The van der Waals surface area contributed by atoms with Crippen LogP contribution >= 0.6 is 0 Å². The molecule has 0 aliphatic heterocycles. The van der Waals surface area contributed by atoms with Gasteiger partial charge < -0.3 is 9.47 Å². The molecule has 0 aliphatic rings. The molecule has 0 radical (unpaired) electrons. The van der Waals surface area contributed by atoms with Gasteiger partial charge in [0.25, 0.3) is 0 Å². The lowest BCUT2D eigenvalue weighted by atomic mass is 10.0. The molecule has 0 atom stereocenters. The molecule has 0 aliphatic carbocycles. The smallest absolute Gasteiger partial charge is 0.307 e. The van der Waals surface area contributed by atoms with Gasteiger partial charge >= 0.3 is 11.9 Å². The van der Waals surface area contributed by atoms with Gasteiger partial charge in [0.05, 0.1) is 12.5 Å². The summed E-state index contributed by atoms with van der Waals surface area (Å²) in [7, 11) is 0. The van der Waals surface area contributed by atoms with E-state index in [0.717, 1.165) is 31.1 Å². The topological polar surface area (TPSA) is 69.7 Å². The van der Waals surface area contributed by atoms with Crippen LogP contribution in [0.5, 0.6) is 0 Å². The predicted molar refractivity (Wildman–Crippen MR) is 116 cm³/mol. The fraction of sp³-hybridized carbons (Fsp3) is 0.458. The van der Waals surface area contributed by atoms with Gasteiger partial charge in [-0.1, -0.05) is 29.4 Å². The summed E-state index contributed by atoms with van der Waals surface area (Å²) in [6.45, 7) is 8.92. The first-order chi connectivity index (χ1) is 13.7. The highest BCUT2D eigenvalue weighted by atomic mass is 16.5. The van der Waals surface area contributed by atoms with Gasteiger partial charge in [-0.15, -0.1) is 0 Å². The van der Waals surface area contributed by atoms with E-state index in [1.165, 1.54) is 37.5 Å². The van der Waals surface area contributed by atoms with Gasteiger partial charge in [-0.2, -0.15) is 0 Å². The van der Waals surface area contributed by atoms with Crippen molar-refractivity contribution in [3.05, 3.63) is 59.1 Å². The highest BCUT2D eigenvalue weighted by molar-refractivity contribution is 5.73. The molecule has 0 aromatic heterocycles. The molecule has 0 bridgehead atoms. The number of rotatable bonds is 13. The van der Waals surface area contributed by atoms with Crippen LogP contribution < -0.4 is 0 Å². The van der Waals surface area contributed by atoms with Gasteiger partial charge in [0, 0.05) is 13.8 Å². The molecule has 160 valence electrons. The Morgan fingerprint density at radius 2 is 1.31 bits per heavy atom. The molecule has 0 fully saturated rings. The van der Waals surface area contributed by atoms with Crippen molar-refractivity contribution in [1.29, 1.82) is 0 Å². The van der Waals surface area contributed by atoms with Gasteiger partial charge in [-0.05, 0) is 76.5 Å². The number of aldehydes is 1. The summed E-state index contributed by atoms with van der Waals surface area (Å²) in [5, 5.41) is 0. The zero-order valence-corrected chi connectivity index (χ0v) is 18.3. The second-order valence-electron chi connectivity index (χ2n) is 7.06. The molecule has 0 heterocycles. The Hall–Kier alpha value is -2.69.